The standard InChI is InChI=1S/C22H21IN2/c1-13-5-8-18-16(11-13)14-6-7-15-17-12-22(2,23)10-9-19(17)25(4)21(15)20(14)24(18)3/h5-11H,12H2,1-4H3. The molecule has 0 radical (unpaired) electrons. The quantitative estimate of drug-likeness (QED) is 0.238. The summed E-state index contributed by atoms with van der Waals surface area (Å²) in [7, 11) is 4.41. The summed E-state index contributed by atoms with van der Waals surface area (Å²) in [6.07, 6.45) is 5.74. The fraction of sp³-hybridized carbons (Fsp3) is 0.273. The zero-order valence-corrected chi connectivity index (χ0v) is 17.2. The second kappa shape index (κ2) is 4.91. The predicted molar refractivity (Wildman–Crippen MR) is 117 cm³/mol. The molecule has 0 aliphatic heterocycles. The lowest BCUT2D eigenvalue weighted by Crippen LogP contribution is -2.19. The first-order valence-electron chi connectivity index (χ1n) is 8.74. The summed E-state index contributed by atoms with van der Waals surface area (Å²) in [6, 6.07) is 11.4. The van der Waals surface area contributed by atoms with E-state index in [1.165, 1.54) is 49.5 Å². The van der Waals surface area contributed by atoms with E-state index in [2.05, 4.69) is 102 Å². The van der Waals surface area contributed by atoms with Crippen LogP contribution in [0.3, 0.4) is 0 Å². The molecule has 4 aromatic rings. The number of aromatic nitrogens is 2. The second-order valence-corrected chi connectivity index (χ2v) is 10.1. The number of fused-ring (bicyclic) bond motifs is 7. The Kier molecular flexibility index (Phi) is 3.04. The highest BCUT2D eigenvalue weighted by Crippen LogP contribution is 2.41. The second-order valence-electron chi connectivity index (χ2n) is 7.65. The highest BCUT2D eigenvalue weighted by atomic mass is 127. The molecule has 2 nitrogen and oxygen atoms in total. The molecule has 0 fully saturated rings. The third kappa shape index (κ3) is 2.02. The molecule has 0 saturated heterocycles. The van der Waals surface area contributed by atoms with Crippen LogP contribution >= 0.6 is 22.6 Å². The summed E-state index contributed by atoms with van der Waals surface area (Å²) in [5, 5.41) is 4.11. The molecule has 126 valence electrons. The summed E-state index contributed by atoms with van der Waals surface area (Å²) < 4.78 is 4.95. The van der Waals surface area contributed by atoms with E-state index in [-0.39, 0.29) is 3.42 Å². The Bertz CT molecular complexity index is 1220. The average Bonchev–Trinajstić information content (AvgIpc) is 2.99. The van der Waals surface area contributed by atoms with E-state index in [0.29, 0.717) is 0 Å². The maximum atomic E-state index is 2.57. The van der Waals surface area contributed by atoms with Crippen LogP contribution in [0.1, 0.15) is 23.7 Å². The van der Waals surface area contributed by atoms with Gasteiger partial charge in [0, 0.05) is 44.9 Å². The van der Waals surface area contributed by atoms with Crippen LogP contribution in [0.15, 0.2) is 36.4 Å². The van der Waals surface area contributed by atoms with Crippen molar-refractivity contribution in [2.45, 2.75) is 23.7 Å². The third-order valence-corrected chi connectivity index (χ3v) is 6.47. The van der Waals surface area contributed by atoms with Gasteiger partial charge in [0.25, 0.3) is 0 Å². The van der Waals surface area contributed by atoms with Gasteiger partial charge < -0.3 is 9.13 Å². The van der Waals surface area contributed by atoms with E-state index >= 15 is 0 Å². The molecule has 2 heterocycles. The Morgan fingerprint density at radius 3 is 2.48 bits per heavy atom. The summed E-state index contributed by atoms with van der Waals surface area (Å²) in [5.74, 6) is 0. The molecule has 1 atom stereocenters. The van der Waals surface area contributed by atoms with E-state index in [1.807, 2.05) is 0 Å². The van der Waals surface area contributed by atoms with Gasteiger partial charge in [-0.3, -0.25) is 0 Å². The Morgan fingerprint density at radius 1 is 0.960 bits per heavy atom. The maximum absolute atomic E-state index is 2.57. The predicted octanol–water partition coefficient (Wildman–Crippen LogP) is 5.89. The lowest BCUT2D eigenvalue weighted by atomic mass is 9.93. The molecule has 25 heavy (non-hydrogen) atoms. The van der Waals surface area contributed by atoms with Gasteiger partial charge >= 0.3 is 0 Å². The lowest BCUT2D eigenvalue weighted by molar-refractivity contribution is 0.801. The molecule has 3 heteroatoms. The van der Waals surface area contributed by atoms with E-state index in [9.17, 15) is 0 Å². The van der Waals surface area contributed by atoms with Crippen LogP contribution in [0.4, 0.5) is 0 Å². The van der Waals surface area contributed by atoms with Crippen LogP contribution in [-0.4, -0.2) is 12.6 Å². The van der Waals surface area contributed by atoms with Crippen LogP contribution in [0.2, 0.25) is 0 Å². The van der Waals surface area contributed by atoms with Gasteiger partial charge in [0.15, 0.2) is 0 Å². The third-order valence-electron chi connectivity index (χ3n) is 5.73. The zero-order valence-electron chi connectivity index (χ0n) is 15.0. The largest absolute Gasteiger partial charge is 0.342 e. The highest BCUT2D eigenvalue weighted by molar-refractivity contribution is 14.1. The van der Waals surface area contributed by atoms with Gasteiger partial charge in [0.1, 0.15) is 0 Å². The van der Waals surface area contributed by atoms with Crippen LogP contribution < -0.4 is 0 Å². The smallest absolute Gasteiger partial charge is 0.0736 e. The minimum Gasteiger partial charge on any atom is -0.342 e. The normalized spacial score (nSPS) is 20.0. The maximum Gasteiger partial charge on any atom is 0.0736 e. The van der Waals surface area contributed by atoms with Crippen molar-refractivity contribution < 1.29 is 0 Å². The minimum absolute atomic E-state index is 0.198. The molecule has 1 aliphatic rings. The van der Waals surface area contributed by atoms with Gasteiger partial charge in [-0.1, -0.05) is 52.4 Å². The lowest BCUT2D eigenvalue weighted by Gasteiger charge is -2.22. The number of hydrogen-bond acceptors (Lipinski definition) is 0. The molecule has 0 spiro atoms. The fourth-order valence-corrected chi connectivity index (χ4v) is 5.08. The van der Waals surface area contributed by atoms with E-state index in [4.69, 9.17) is 0 Å². The minimum atomic E-state index is 0.198. The monoisotopic (exact) mass is 440 g/mol. The number of halogens is 1. The summed E-state index contributed by atoms with van der Waals surface area (Å²) in [4.78, 5) is 0. The van der Waals surface area contributed by atoms with Gasteiger partial charge in [0.05, 0.1) is 11.0 Å². The first kappa shape index (κ1) is 15.5. The Hall–Kier alpha value is -1.75. The van der Waals surface area contributed by atoms with E-state index in [0.717, 1.165) is 6.42 Å². The van der Waals surface area contributed by atoms with E-state index in [1.54, 1.807) is 0 Å². The summed E-state index contributed by atoms with van der Waals surface area (Å²) in [6.45, 7) is 4.48. The van der Waals surface area contributed by atoms with Crippen molar-refractivity contribution in [2.75, 3.05) is 0 Å². The Labute approximate surface area is 161 Å². The molecular weight excluding hydrogens is 419 g/mol. The molecule has 1 aliphatic carbocycles. The SMILES string of the molecule is Cc1ccc2c(c1)c1ccc3c4c(n(C)c3c1n2C)C=CC(C)(I)C4. The van der Waals surface area contributed by atoms with Crippen molar-refractivity contribution in [1.82, 2.24) is 9.13 Å². The number of nitrogens with zero attached hydrogens (tertiary/aromatic N) is 2. The molecule has 5 rings (SSSR count). The van der Waals surface area contributed by atoms with Gasteiger partial charge in [-0.25, -0.2) is 0 Å². The molecule has 2 aromatic heterocycles. The molecular formula is C22H21IN2. The van der Waals surface area contributed by atoms with Crippen molar-refractivity contribution in [3.63, 3.8) is 0 Å². The summed E-state index contributed by atoms with van der Waals surface area (Å²) >= 11 is 2.57. The van der Waals surface area contributed by atoms with Gasteiger partial charge in [-0.05, 0) is 44.0 Å². The first-order chi connectivity index (χ1) is 11.9. The van der Waals surface area contributed by atoms with Gasteiger partial charge in [-0.15, -0.1) is 0 Å². The molecule has 0 amide bonds. The number of allylic oxidation sites excluding steroid dienone is 1. The topological polar surface area (TPSA) is 9.86 Å². The molecule has 0 saturated carbocycles. The van der Waals surface area contributed by atoms with Crippen LogP contribution in [0.5, 0.6) is 0 Å². The van der Waals surface area contributed by atoms with Crippen molar-refractivity contribution >= 4 is 61.4 Å². The number of rotatable bonds is 0. The molecule has 0 bridgehead atoms. The van der Waals surface area contributed by atoms with Crippen molar-refractivity contribution in [3.05, 3.63) is 53.2 Å². The van der Waals surface area contributed by atoms with Crippen molar-refractivity contribution in [3.8, 4) is 0 Å². The van der Waals surface area contributed by atoms with Crippen molar-refractivity contribution in [1.29, 1.82) is 0 Å². The van der Waals surface area contributed by atoms with E-state index < -0.39 is 0 Å². The number of hydrogen-bond donors (Lipinski definition) is 0. The number of alkyl halides is 1. The van der Waals surface area contributed by atoms with Crippen LogP contribution in [-0.2, 0) is 20.5 Å². The molecule has 2 aromatic carbocycles. The first-order valence-corrected chi connectivity index (χ1v) is 9.82. The average molecular weight is 440 g/mol. The molecule has 0 N–H and O–H groups in total. The Morgan fingerprint density at radius 2 is 1.68 bits per heavy atom. The number of aryl methyl sites for hydroxylation is 3. The molecule has 1 unspecified atom stereocenters. The van der Waals surface area contributed by atoms with Crippen LogP contribution in [0.25, 0.3) is 38.8 Å². The van der Waals surface area contributed by atoms with Gasteiger partial charge in [0.2, 0.25) is 0 Å². The zero-order chi connectivity index (χ0) is 17.5. The van der Waals surface area contributed by atoms with Gasteiger partial charge in [-0.2, -0.15) is 0 Å². The highest BCUT2D eigenvalue weighted by Gasteiger charge is 2.28. The fourth-order valence-electron chi connectivity index (χ4n) is 4.51. The van der Waals surface area contributed by atoms with Crippen molar-refractivity contribution in [2.24, 2.45) is 14.1 Å². The number of benzene rings is 2. The Balaban J connectivity index is 1.99. The van der Waals surface area contributed by atoms with Crippen LogP contribution in [0, 0.1) is 6.92 Å². The summed E-state index contributed by atoms with van der Waals surface area (Å²) in [5.41, 5.74) is 8.17.